The summed E-state index contributed by atoms with van der Waals surface area (Å²) in [5, 5.41) is 12.3. The first kappa shape index (κ1) is 25.3. The molecular weight excluding hydrogens is 451 g/mol. The number of furan rings is 1. The van der Waals surface area contributed by atoms with Crippen molar-refractivity contribution >= 4 is 11.9 Å². The molecule has 0 spiro atoms. The van der Waals surface area contributed by atoms with Crippen LogP contribution in [0.25, 0.3) is 0 Å². The van der Waals surface area contributed by atoms with Gasteiger partial charge < -0.3 is 19.7 Å². The van der Waals surface area contributed by atoms with Crippen molar-refractivity contribution in [3.8, 4) is 0 Å². The van der Waals surface area contributed by atoms with Crippen LogP contribution < -0.4 is 5.32 Å². The largest absolute Gasteiger partial charge is 0.462 e. The van der Waals surface area contributed by atoms with Gasteiger partial charge in [-0.05, 0) is 88.7 Å². The third-order valence-corrected chi connectivity index (χ3v) is 7.12. The van der Waals surface area contributed by atoms with Gasteiger partial charge >= 0.3 is 6.03 Å². The fourth-order valence-electron chi connectivity index (χ4n) is 5.25. The molecule has 2 aliphatic rings. The Kier molecular flexibility index (Phi) is 7.88. The van der Waals surface area contributed by atoms with Crippen molar-refractivity contribution in [2.24, 2.45) is 5.92 Å². The highest BCUT2D eigenvalue weighted by Crippen LogP contribution is 2.37. The van der Waals surface area contributed by atoms with Crippen LogP contribution >= 0.6 is 0 Å². The van der Waals surface area contributed by atoms with Crippen LogP contribution in [0.3, 0.4) is 0 Å². The maximum absolute atomic E-state index is 13.8. The van der Waals surface area contributed by atoms with E-state index < -0.39 is 5.54 Å². The minimum absolute atomic E-state index is 0.0382. The number of rotatable bonds is 10. The molecule has 2 fully saturated rings. The summed E-state index contributed by atoms with van der Waals surface area (Å²) in [5.41, 5.74) is -0.210. The van der Waals surface area contributed by atoms with Crippen molar-refractivity contribution in [3.05, 3.63) is 59.3 Å². The van der Waals surface area contributed by atoms with E-state index in [1.807, 2.05) is 25.1 Å². The van der Waals surface area contributed by atoms with Crippen molar-refractivity contribution in [3.63, 3.8) is 0 Å². The summed E-state index contributed by atoms with van der Waals surface area (Å²) in [4.78, 5) is 32.4. The Morgan fingerprint density at radius 3 is 2.43 bits per heavy atom. The topological polar surface area (TPSA) is 89.3 Å². The maximum Gasteiger partial charge on any atom is 0.325 e. The number of amides is 3. The quantitative estimate of drug-likeness (QED) is 0.502. The van der Waals surface area contributed by atoms with Crippen LogP contribution in [-0.4, -0.2) is 77.6 Å². The van der Waals surface area contributed by atoms with Gasteiger partial charge in [0, 0.05) is 13.0 Å². The summed E-state index contributed by atoms with van der Waals surface area (Å²) in [6.07, 6.45) is 2.53. The van der Waals surface area contributed by atoms with Gasteiger partial charge in [-0.1, -0.05) is 12.1 Å². The zero-order valence-electron chi connectivity index (χ0n) is 20.5. The molecule has 3 amide bonds. The van der Waals surface area contributed by atoms with Crippen LogP contribution in [0, 0.1) is 11.7 Å². The van der Waals surface area contributed by atoms with E-state index in [1.165, 1.54) is 17.0 Å². The van der Waals surface area contributed by atoms with Crippen LogP contribution in [-0.2, 0) is 24.4 Å². The van der Waals surface area contributed by atoms with E-state index in [2.05, 4.69) is 10.2 Å². The molecule has 0 saturated carbocycles. The molecule has 1 aromatic heterocycles. The maximum atomic E-state index is 13.8. The third-order valence-electron chi connectivity index (χ3n) is 7.12. The zero-order valence-corrected chi connectivity index (χ0v) is 20.5. The number of hydrogen-bond donors (Lipinski definition) is 2. The second-order valence-corrected chi connectivity index (χ2v) is 9.89. The van der Waals surface area contributed by atoms with E-state index >= 15 is 0 Å². The number of nitrogens with one attached hydrogen (secondary N) is 1. The van der Waals surface area contributed by atoms with Crippen LogP contribution in [0.5, 0.6) is 0 Å². The molecule has 0 unspecified atom stereocenters. The molecule has 0 radical (unpaired) electrons. The highest BCUT2D eigenvalue weighted by atomic mass is 19.1. The predicted molar refractivity (Wildman–Crippen MR) is 129 cm³/mol. The molecule has 9 heteroatoms. The molecule has 190 valence electrons. The molecule has 4 rings (SSSR count). The number of carbonyl (C=O) groups is 2. The first-order valence-corrected chi connectivity index (χ1v) is 12.2. The third kappa shape index (κ3) is 5.74. The first-order chi connectivity index (χ1) is 16.8. The smallest absolute Gasteiger partial charge is 0.325 e. The SMILES string of the molecule is CN(C)CCCN1C(=O)N[C@@](Cc2ccc(F)cc2)(C2CCN(Cc3ccc(CO)o3)CC2)C1=O. The summed E-state index contributed by atoms with van der Waals surface area (Å²) in [6.45, 7) is 3.18. The number of carbonyl (C=O) groups excluding carboxylic acids is 2. The number of benzene rings is 1. The molecule has 3 heterocycles. The number of likely N-dealkylation sites (tertiary alicyclic amines) is 1. The lowest BCUT2D eigenvalue weighted by molar-refractivity contribution is -0.134. The van der Waals surface area contributed by atoms with Gasteiger partial charge in [0.2, 0.25) is 0 Å². The van der Waals surface area contributed by atoms with Crippen LogP contribution in [0.4, 0.5) is 9.18 Å². The first-order valence-electron chi connectivity index (χ1n) is 12.2. The van der Waals surface area contributed by atoms with E-state index in [9.17, 15) is 19.1 Å². The van der Waals surface area contributed by atoms with E-state index in [-0.39, 0.29) is 30.3 Å². The Morgan fingerprint density at radius 2 is 1.80 bits per heavy atom. The summed E-state index contributed by atoms with van der Waals surface area (Å²) in [5.74, 6) is 0.796. The van der Waals surface area contributed by atoms with Crippen LogP contribution in [0.2, 0.25) is 0 Å². The van der Waals surface area contributed by atoms with Gasteiger partial charge in [0.25, 0.3) is 5.91 Å². The number of nitrogens with zero attached hydrogens (tertiary/aromatic N) is 3. The lowest BCUT2D eigenvalue weighted by Crippen LogP contribution is -2.57. The van der Waals surface area contributed by atoms with Crippen LogP contribution in [0.1, 0.15) is 36.3 Å². The summed E-state index contributed by atoms with van der Waals surface area (Å²) >= 11 is 0. The predicted octanol–water partition coefficient (Wildman–Crippen LogP) is 2.61. The molecule has 0 bridgehead atoms. The monoisotopic (exact) mass is 486 g/mol. The number of piperidine rings is 1. The number of halogens is 1. The van der Waals surface area contributed by atoms with Crippen molar-refractivity contribution in [1.82, 2.24) is 20.0 Å². The number of aliphatic hydroxyl groups excluding tert-OH is 1. The van der Waals surface area contributed by atoms with E-state index in [0.29, 0.717) is 31.7 Å². The molecule has 2 saturated heterocycles. The van der Waals surface area contributed by atoms with Gasteiger partial charge in [-0.3, -0.25) is 14.6 Å². The molecular formula is C26H35FN4O4. The highest BCUT2D eigenvalue weighted by Gasteiger charge is 2.55. The van der Waals surface area contributed by atoms with Crippen molar-refractivity contribution < 1.29 is 23.5 Å². The van der Waals surface area contributed by atoms with Gasteiger partial charge in [0.15, 0.2) is 0 Å². The van der Waals surface area contributed by atoms with E-state index in [0.717, 1.165) is 43.8 Å². The van der Waals surface area contributed by atoms with E-state index in [4.69, 9.17) is 4.42 Å². The van der Waals surface area contributed by atoms with Gasteiger partial charge in [-0.2, -0.15) is 0 Å². The normalized spacial score (nSPS) is 21.8. The Labute approximate surface area is 205 Å². The highest BCUT2D eigenvalue weighted by molar-refractivity contribution is 6.07. The summed E-state index contributed by atoms with van der Waals surface area (Å²) in [6, 6.07) is 9.48. The van der Waals surface area contributed by atoms with Gasteiger partial charge in [-0.15, -0.1) is 0 Å². The van der Waals surface area contributed by atoms with Crippen molar-refractivity contribution in [2.45, 2.75) is 44.4 Å². The molecule has 2 aromatic rings. The minimum Gasteiger partial charge on any atom is -0.462 e. The standard InChI is InChI=1S/C26H35FN4O4/c1-29(2)12-3-13-31-24(33)26(28-25(31)34,16-19-4-6-21(27)7-5-19)20-10-14-30(15-11-20)17-22-8-9-23(18-32)35-22/h4-9,20,32H,3,10-18H2,1-2H3,(H,28,34)/t26-/m0/s1. The van der Waals surface area contributed by atoms with Gasteiger partial charge in [-0.25, -0.2) is 9.18 Å². The number of hydrogen-bond acceptors (Lipinski definition) is 6. The molecule has 2 aliphatic heterocycles. The average Bonchev–Trinajstić information content (AvgIpc) is 3.39. The zero-order chi connectivity index (χ0) is 25.0. The lowest BCUT2D eigenvalue weighted by atomic mass is 9.74. The van der Waals surface area contributed by atoms with Crippen molar-refractivity contribution in [1.29, 1.82) is 0 Å². The molecule has 35 heavy (non-hydrogen) atoms. The fourth-order valence-corrected chi connectivity index (χ4v) is 5.25. The number of urea groups is 1. The molecule has 1 atom stereocenters. The lowest BCUT2D eigenvalue weighted by Gasteiger charge is -2.41. The van der Waals surface area contributed by atoms with E-state index in [1.54, 1.807) is 18.2 Å². The summed E-state index contributed by atoms with van der Waals surface area (Å²) in [7, 11) is 3.93. The Bertz CT molecular complexity index is 1020. The Balaban J connectivity index is 1.49. The second-order valence-electron chi connectivity index (χ2n) is 9.89. The van der Waals surface area contributed by atoms with Crippen LogP contribution in [0.15, 0.2) is 40.8 Å². The average molecular weight is 487 g/mol. The van der Waals surface area contributed by atoms with Crippen molar-refractivity contribution in [2.75, 3.05) is 40.3 Å². The molecule has 8 nitrogen and oxygen atoms in total. The second kappa shape index (κ2) is 10.9. The Hall–Kier alpha value is -2.75. The molecule has 1 aromatic carbocycles. The molecule has 0 aliphatic carbocycles. The minimum atomic E-state index is -1.03. The number of imide groups is 1. The number of aliphatic hydroxyl groups is 1. The summed E-state index contributed by atoms with van der Waals surface area (Å²) < 4.78 is 19.2. The van der Waals surface area contributed by atoms with Gasteiger partial charge in [0.05, 0.1) is 6.54 Å². The van der Waals surface area contributed by atoms with Gasteiger partial charge in [0.1, 0.15) is 29.5 Å². The fraction of sp³-hybridized carbons (Fsp3) is 0.538. The molecule has 2 N–H and O–H groups in total. The Morgan fingerprint density at radius 1 is 1.11 bits per heavy atom.